The van der Waals surface area contributed by atoms with Crippen LogP contribution in [0, 0.1) is 34.5 Å². The van der Waals surface area contributed by atoms with Gasteiger partial charge in [-0.05, 0) is 87.7 Å². The summed E-state index contributed by atoms with van der Waals surface area (Å²) in [5.74, 6) is 2.60. The number of ether oxygens (including phenoxy) is 1. The largest absolute Gasteiger partial charge is 0.444 e. The standard InChI is InChI=1S/C28H35ClN6O2/c1-27(2,3)37-26(36)34-23-19-8-17-9-20(23)12-28(10-17,11-19)16-33-24-21(13-30)15-32-25(35-24)31-14-18-6-4-5-7-22(18)29/h4-7,15,17,19-20,23H,8-12,14,16H2,1-3H3,(H,34,36)(H2,31,32,33,35)/t17?,19-,20+,23+,28-. The first-order valence-corrected chi connectivity index (χ1v) is 13.5. The van der Waals surface area contributed by atoms with E-state index >= 15 is 0 Å². The average molecular weight is 523 g/mol. The molecule has 1 amide bonds. The van der Waals surface area contributed by atoms with Crippen LogP contribution in [0.15, 0.2) is 30.5 Å². The van der Waals surface area contributed by atoms with E-state index in [1.165, 1.54) is 6.42 Å². The van der Waals surface area contributed by atoms with Gasteiger partial charge in [0.05, 0.1) is 6.20 Å². The van der Waals surface area contributed by atoms with Gasteiger partial charge in [0, 0.05) is 24.2 Å². The summed E-state index contributed by atoms with van der Waals surface area (Å²) in [6.45, 7) is 6.93. The van der Waals surface area contributed by atoms with E-state index in [0.29, 0.717) is 46.7 Å². The lowest BCUT2D eigenvalue weighted by Crippen LogP contribution is -2.60. The second-order valence-corrected chi connectivity index (χ2v) is 12.4. The molecule has 37 heavy (non-hydrogen) atoms. The van der Waals surface area contributed by atoms with Gasteiger partial charge in [-0.3, -0.25) is 0 Å². The van der Waals surface area contributed by atoms with E-state index in [2.05, 4.69) is 32.0 Å². The lowest BCUT2D eigenvalue weighted by molar-refractivity contribution is -0.0703. The Labute approximate surface area is 223 Å². The molecule has 1 unspecified atom stereocenters. The highest BCUT2D eigenvalue weighted by Gasteiger charge is 2.55. The number of hydrogen-bond acceptors (Lipinski definition) is 7. The summed E-state index contributed by atoms with van der Waals surface area (Å²) in [6, 6.07) is 10.0. The number of amides is 1. The molecule has 8 nitrogen and oxygen atoms in total. The Hall–Kier alpha value is -3.05. The topological polar surface area (TPSA) is 112 Å². The maximum absolute atomic E-state index is 12.5. The zero-order valence-electron chi connectivity index (χ0n) is 21.7. The number of hydrogen-bond donors (Lipinski definition) is 3. The smallest absolute Gasteiger partial charge is 0.407 e. The summed E-state index contributed by atoms with van der Waals surface area (Å²) < 4.78 is 5.55. The van der Waals surface area contributed by atoms with Gasteiger partial charge >= 0.3 is 6.09 Å². The first kappa shape index (κ1) is 25.6. The van der Waals surface area contributed by atoms with Gasteiger partial charge in [0.2, 0.25) is 5.95 Å². The van der Waals surface area contributed by atoms with Gasteiger partial charge in [-0.1, -0.05) is 29.8 Å². The molecule has 0 radical (unpaired) electrons. The maximum atomic E-state index is 12.5. The van der Waals surface area contributed by atoms with E-state index < -0.39 is 5.60 Å². The minimum absolute atomic E-state index is 0.144. The fourth-order valence-corrected chi connectivity index (χ4v) is 7.06. The third kappa shape index (κ3) is 5.77. The molecule has 4 bridgehead atoms. The molecule has 4 saturated carbocycles. The Morgan fingerprint density at radius 1 is 1.19 bits per heavy atom. The molecule has 1 heterocycles. The van der Waals surface area contributed by atoms with Gasteiger partial charge in [0.1, 0.15) is 23.1 Å². The molecule has 6 rings (SSSR count). The van der Waals surface area contributed by atoms with Crippen LogP contribution in [0.25, 0.3) is 0 Å². The monoisotopic (exact) mass is 522 g/mol. The minimum atomic E-state index is -0.502. The molecule has 1 aromatic heterocycles. The SMILES string of the molecule is CC(C)(C)OC(=O)N[C@H]1[C@@H]2CC3C[C@H]1C[C@@](CNc1nc(NCc4ccccc4Cl)ncc1C#N)(C3)C2. The van der Waals surface area contributed by atoms with Crippen molar-refractivity contribution in [2.45, 2.75) is 71.1 Å². The van der Waals surface area contributed by atoms with Crippen molar-refractivity contribution in [2.24, 2.45) is 23.2 Å². The Bertz CT molecular complexity index is 1190. The Balaban J connectivity index is 1.24. The van der Waals surface area contributed by atoms with Crippen LogP contribution in [-0.2, 0) is 11.3 Å². The molecule has 2 aromatic rings. The third-order valence-corrected chi connectivity index (χ3v) is 8.39. The van der Waals surface area contributed by atoms with E-state index in [0.717, 1.165) is 37.8 Å². The predicted octanol–water partition coefficient (Wildman–Crippen LogP) is 5.75. The molecular weight excluding hydrogens is 488 g/mol. The van der Waals surface area contributed by atoms with Gasteiger partial charge in [-0.15, -0.1) is 0 Å². The summed E-state index contributed by atoms with van der Waals surface area (Å²) in [7, 11) is 0. The van der Waals surface area contributed by atoms with Crippen LogP contribution in [0.3, 0.4) is 0 Å². The first-order chi connectivity index (χ1) is 17.6. The summed E-state index contributed by atoms with van der Waals surface area (Å²) in [5, 5.41) is 20.3. The molecule has 0 aliphatic heterocycles. The number of halogens is 1. The molecule has 4 fully saturated rings. The van der Waals surface area contributed by atoms with Crippen LogP contribution in [-0.4, -0.2) is 34.2 Å². The maximum Gasteiger partial charge on any atom is 0.407 e. The second kappa shape index (κ2) is 10.0. The average Bonchev–Trinajstić information content (AvgIpc) is 2.83. The molecule has 5 atom stereocenters. The van der Waals surface area contributed by atoms with Crippen LogP contribution in [0.4, 0.5) is 16.6 Å². The molecule has 4 aliphatic rings. The number of carbonyl (C=O) groups excluding carboxylic acids is 1. The Morgan fingerprint density at radius 2 is 1.92 bits per heavy atom. The van der Waals surface area contributed by atoms with Gasteiger partial charge in [-0.2, -0.15) is 10.2 Å². The van der Waals surface area contributed by atoms with E-state index in [1.807, 2.05) is 45.0 Å². The van der Waals surface area contributed by atoms with Crippen LogP contribution >= 0.6 is 11.6 Å². The Morgan fingerprint density at radius 3 is 2.59 bits per heavy atom. The van der Waals surface area contributed by atoms with E-state index in [-0.39, 0.29) is 17.6 Å². The van der Waals surface area contributed by atoms with E-state index in [1.54, 1.807) is 6.20 Å². The summed E-state index contributed by atoms with van der Waals surface area (Å²) in [6.07, 6.45) is 6.85. The van der Waals surface area contributed by atoms with Crippen molar-refractivity contribution in [1.29, 1.82) is 5.26 Å². The van der Waals surface area contributed by atoms with Crippen LogP contribution in [0.2, 0.25) is 5.02 Å². The van der Waals surface area contributed by atoms with Crippen molar-refractivity contribution in [3.05, 3.63) is 46.6 Å². The van der Waals surface area contributed by atoms with Gasteiger partial charge in [0.25, 0.3) is 0 Å². The van der Waals surface area contributed by atoms with Crippen molar-refractivity contribution >= 4 is 29.5 Å². The minimum Gasteiger partial charge on any atom is -0.444 e. The fraction of sp³-hybridized carbons (Fsp3) is 0.571. The van der Waals surface area contributed by atoms with Crippen molar-refractivity contribution in [3.63, 3.8) is 0 Å². The third-order valence-electron chi connectivity index (χ3n) is 8.02. The van der Waals surface area contributed by atoms with Crippen LogP contribution < -0.4 is 16.0 Å². The number of aromatic nitrogens is 2. The molecule has 3 N–H and O–H groups in total. The predicted molar refractivity (Wildman–Crippen MR) is 143 cm³/mol. The number of anilines is 2. The van der Waals surface area contributed by atoms with Crippen LogP contribution in [0.1, 0.15) is 64.0 Å². The summed E-state index contributed by atoms with van der Waals surface area (Å²) in [4.78, 5) is 21.4. The normalized spacial score (nSPS) is 27.9. The van der Waals surface area contributed by atoms with E-state index in [4.69, 9.17) is 16.3 Å². The van der Waals surface area contributed by atoms with E-state index in [9.17, 15) is 10.1 Å². The lowest BCUT2D eigenvalue weighted by atomic mass is 9.48. The highest BCUT2D eigenvalue weighted by molar-refractivity contribution is 6.31. The lowest BCUT2D eigenvalue weighted by Gasteiger charge is -2.60. The van der Waals surface area contributed by atoms with Crippen molar-refractivity contribution in [1.82, 2.24) is 15.3 Å². The zero-order valence-corrected chi connectivity index (χ0v) is 22.4. The summed E-state index contributed by atoms with van der Waals surface area (Å²) in [5.41, 5.74) is 1.02. The molecule has 0 spiro atoms. The second-order valence-electron chi connectivity index (χ2n) is 12.0. The Kier molecular flexibility index (Phi) is 6.93. The highest BCUT2D eigenvalue weighted by atomic mass is 35.5. The number of benzene rings is 1. The van der Waals surface area contributed by atoms with Crippen LogP contribution in [0.5, 0.6) is 0 Å². The molecule has 4 aliphatic carbocycles. The first-order valence-electron chi connectivity index (χ1n) is 13.1. The summed E-state index contributed by atoms with van der Waals surface area (Å²) >= 11 is 6.27. The molecule has 0 saturated heterocycles. The van der Waals surface area contributed by atoms with Crippen molar-refractivity contribution < 1.29 is 9.53 Å². The van der Waals surface area contributed by atoms with Gasteiger partial charge in [0.15, 0.2) is 0 Å². The molecule has 1 aromatic carbocycles. The number of rotatable bonds is 7. The van der Waals surface area contributed by atoms with Crippen molar-refractivity contribution in [2.75, 3.05) is 17.2 Å². The number of alkyl carbamates (subject to hydrolysis) is 1. The fourth-order valence-electron chi connectivity index (χ4n) is 6.86. The molecule has 196 valence electrons. The quantitative estimate of drug-likeness (QED) is 0.424. The molecule has 9 heteroatoms. The van der Waals surface area contributed by atoms with Gasteiger partial charge in [-0.25, -0.2) is 9.78 Å². The number of nitriles is 1. The zero-order chi connectivity index (χ0) is 26.2. The number of carbonyl (C=O) groups is 1. The van der Waals surface area contributed by atoms with Gasteiger partial charge < -0.3 is 20.7 Å². The highest BCUT2D eigenvalue weighted by Crippen LogP contribution is 2.60. The number of nitrogens with zero attached hydrogens (tertiary/aromatic N) is 3. The van der Waals surface area contributed by atoms with Crippen molar-refractivity contribution in [3.8, 4) is 6.07 Å². The number of nitrogens with one attached hydrogen (secondary N) is 3. The molecular formula is C28H35ClN6O2.